The molecule has 1 heterocycles. The Bertz CT molecular complexity index is 464. The lowest BCUT2D eigenvalue weighted by Crippen LogP contribution is -2.45. The zero-order valence-corrected chi connectivity index (χ0v) is 11.4. The number of amides is 1. The quantitative estimate of drug-likeness (QED) is 0.916. The van der Waals surface area contributed by atoms with E-state index in [4.69, 9.17) is 16.3 Å². The molecule has 1 aromatic carbocycles. The van der Waals surface area contributed by atoms with Crippen LogP contribution in [0.4, 0.5) is 4.39 Å². The summed E-state index contributed by atoms with van der Waals surface area (Å²) in [5, 5.41) is 3.52. The number of nitrogens with one attached hydrogen (secondary N) is 1. The van der Waals surface area contributed by atoms with Crippen molar-refractivity contribution in [1.29, 1.82) is 0 Å². The number of hydrogen-bond donors (Lipinski definition) is 1. The van der Waals surface area contributed by atoms with Crippen LogP contribution in [0, 0.1) is 5.82 Å². The van der Waals surface area contributed by atoms with E-state index >= 15 is 0 Å². The van der Waals surface area contributed by atoms with Crippen LogP contribution in [0.15, 0.2) is 18.2 Å². The van der Waals surface area contributed by atoms with Crippen molar-refractivity contribution >= 4 is 17.5 Å². The van der Waals surface area contributed by atoms with E-state index < -0.39 is 11.7 Å². The molecular formula is C13H16ClFN2O2. The fraction of sp³-hybridized carbons (Fsp3) is 0.462. The van der Waals surface area contributed by atoms with E-state index in [1.54, 1.807) is 7.05 Å². The van der Waals surface area contributed by atoms with E-state index in [1.807, 2.05) is 0 Å². The van der Waals surface area contributed by atoms with E-state index in [0.717, 1.165) is 6.54 Å². The van der Waals surface area contributed by atoms with Crippen LogP contribution in [0.1, 0.15) is 10.4 Å². The molecule has 1 aromatic rings. The van der Waals surface area contributed by atoms with Gasteiger partial charge < -0.3 is 15.0 Å². The highest BCUT2D eigenvalue weighted by molar-refractivity contribution is 6.30. The molecule has 104 valence electrons. The number of benzene rings is 1. The molecule has 0 aromatic heterocycles. The molecule has 0 aliphatic carbocycles. The number of rotatable bonds is 3. The number of carbonyl (C=O) groups excluding carboxylic acids is 1. The minimum atomic E-state index is -0.566. The van der Waals surface area contributed by atoms with Crippen LogP contribution in [-0.2, 0) is 4.74 Å². The summed E-state index contributed by atoms with van der Waals surface area (Å²) in [6, 6.07) is 3.96. The Balaban J connectivity index is 2.03. The van der Waals surface area contributed by atoms with Gasteiger partial charge in [-0.25, -0.2) is 4.39 Å². The van der Waals surface area contributed by atoms with Crippen molar-refractivity contribution in [3.8, 4) is 0 Å². The van der Waals surface area contributed by atoms with Gasteiger partial charge in [-0.1, -0.05) is 11.6 Å². The Hall–Kier alpha value is -1.17. The van der Waals surface area contributed by atoms with Crippen molar-refractivity contribution < 1.29 is 13.9 Å². The molecule has 0 bridgehead atoms. The molecule has 1 aliphatic rings. The lowest BCUT2D eigenvalue weighted by molar-refractivity contribution is 0.0103. The van der Waals surface area contributed by atoms with E-state index in [9.17, 15) is 9.18 Å². The molecule has 1 fully saturated rings. The maximum Gasteiger partial charge on any atom is 0.256 e. The summed E-state index contributed by atoms with van der Waals surface area (Å²) < 4.78 is 19.1. The second-order valence-electron chi connectivity index (χ2n) is 4.51. The van der Waals surface area contributed by atoms with Crippen LogP contribution in [-0.4, -0.2) is 50.2 Å². The number of hydrogen-bond acceptors (Lipinski definition) is 3. The third-order valence-electron chi connectivity index (χ3n) is 2.99. The number of likely N-dealkylation sites (N-methyl/N-ethyl adjacent to an activating group) is 1. The van der Waals surface area contributed by atoms with Gasteiger partial charge in [-0.15, -0.1) is 0 Å². The first kappa shape index (κ1) is 14.2. The maximum absolute atomic E-state index is 13.6. The smallest absolute Gasteiger partial charge is 0.256 e. The third-order valence-corrected chi connectivity index (χ3v) is 3.22. The Labute approximate surface area is 116 Å². The highest BCUT2D eigenvalue weighted by Gasteiger charge is 2.21. The lowest BCUT2D eigenvalue weighted by Gasteiger charge is -2.28. The average molecular weight is 287 g/mol. The first-order valence-electron chi connectivity index (χ1n) is 6.11. The number of halogens is 2. The zero-order valence-electron chi connectivity index (χ0n) is 10.7. The largest absolute Gasteiger partial charge is 0.374 e. The number of ether oxygens (including phenoxy) is 1. The molecule has 19 heavy (non-hydrogen) atoms. The SMILES string of the molecule is CN(CC1CNCCO1)C(=O)c1cc(Cl)ccc1F. The number of nitrogens with zero attached hydrogens (tertiary/aromatic N) is 1. The molecule has 2 rings (SSSR count). The predicted octanol–water partition coefficient (Wildman–Crippen LogP) is 1.54. The van der Waals surface area contributed by atoms with Crippen molar-refractivity contribution in [2.75, 3.05) is 33.3 Å². The van der Waals surface area contributed by atoms with Crippen LogP contribution >= 0.6 is 11.6 Å². The van der Waals surface area contributed by atoms with Gasteiger partial charge in [0, 0.05) is 31.7 Å². The Morgan fingerprint density at radius 1 is 1.63 bits per heavy atom. The Morgan fingerprint density at radius 3 is 3.11 bits per heavy atom. The van der Waals surface area contributed by atoms with E-state index in [2.05, 4.69) is 5.32 Å². The molecule has 1 unspecified atom stereocenters. The van der Waals surface area contributed by atoms with Gasteiger partial charge in [-0.2, -0.15) is 0 Å². The Morgan fingerprint density at radius 2 is 2.42 bits per heavy atom. The molecule has 1 N–H and O–H groups in total. The average Bonchev–Trinajstić information content (AvgIpc) is 2.42. The monoisotopic (exact) mass is 286 g/mol. The van der Waals surface area contributed by atoms with Gasteiger partial charge in [0.25, 0.3) is 5.91 Å². The molecule has 0 saturated carbocycles. The molecule has 1 amide bonds. The lowest BCUT2D eigenvalue weighted by atomic mass is 10.1. The van der Waals surface area contributed by atoms with Crippen LogP contribution < -0.4 is 5.32 Å². The summed E-state index contributed by atoms with van der Waals surface area (Å²) >= 11 is 5.79. The van der Waals surface area contributed by atoms with Gasteiger partial charge >= 0.3 is 0 Å². The van der Waals surface area contributed by atoms with Crippen LogP contribution in [0.3, 0.4) is 0 Å². The maximum atomic E-state index is 13.6. The van der Waals surface area contributed by atoms with Crippen LogP contribution in [0.25, 0.3) is 0 Å². The molecule has 1 saturated heterocycles. The molecule has 6 heteroatoms. The van der Waals surface area contributed by atoms with Gasteiger partial charge in [0.15, 0.2) is 0 Å². The topological polar surface area (TPSA) is 41.6 Å². The third kappa shape index (κ3) is 3.65. The van der Waals surface area contributed by atoms with Gasteiger partial charge in [0.05, 0.1) is 18.3 Å². The van der Waals surface area contributed by atoms with E-state index in [1.165, 1.54) is 23.1 Å². The standard InChI is InChI=1S/C13H16ClFN2O2/c1-17(8-10-7-16-4-5-19-10)13(18)11-6-9(14)2-3-12(11)15/h2-3,6,10,16H,4-5,7-8H2,1H3. The minimum Gasteiger partial charge on any atom is -0.374 e. The van der Waals surface area contributed by atoms with Crippen molar-refractivity contribution in [3.05, 3.63) is 34.6 Å². The molecule has 0 spiro atoms. The van der Waals surface area contributed by atoms with Crippen molar-refractivity contribution in [3.63, 3.8) is 0 Å². The Kier molecular flexibility index (Phi) is 4.74. The molecule has 1 atom stereocenters. The predicted molar refractivity (Wildman–Crippen MR) is 71.0 cm³/mol. The van der Waals surface area contributed by atoms with E-state index in [0.29, 0.717) is 24.7 Å². The fourth-order valence-corrected chi connectivity index (χ4v) is 2.16. The van der Waals surface area contributed by atoms with Crippen LogP contribution in [0.5, 0.6) is 0 Å². The van der Waals surface area contributed by atoms with Gasteiger partial charge in [-0.3, -0.25) is 4.79 Å². The normalized spacial score (nSPS) is 19.2. The first-order chi connectivity index (χ1) is 9.08. The van der Waals surface area contributed by atoms with Crippen molar-refractivity contribution in [2.45, 2.75) is 6.10 Å². The zero-order chi connectivity index (χ0) is 13.8. The van der Waals surface area contributed by atoms with Gasteiger partial charge in [0.1, 0.15) is 5.82 Å². The number of carbonyl (C=O) groups is 1. The summed E-state index contributed by atoms with van der Waals surface area (Å²) in [5.74, 6) is -0.960. The summed E-state index contributed by atoms with van der Waals surface area (Å²) in [7, 11) is 1.63. The second-order valence-corrected chi connectivity index (χ2v) is 4.94. The summed E-state index contributed by atoms with van der Waals surface area (Å²) in [6.07, 6.45) is -0.0649. The van der Waals surface area contributed by atoms with Crippen molar-refractivity contribution in [2.24, 2.45) is 0 Å². The highest BCUT2D eigenvalue weighted by Crippen LogP contribution is 2.16. The summed E-state index contributed by atoms with van der Waals surface area (Å²) in [6.45, 7) is 2.54. The summed E-state index contributed by atoms with van der Waals surface area (Å²) in [5.41, 5.74) is -0.0150. The first-order valence-corrected chi connectivity index (χ1v) is 6.48. The van der Waals surface area contributed by atoms with E-state index in [-0.39, 0.29) is 11.7 Å². The van der Waals surface area contributed by atoms with Gasteiger partial charge in [0.2, 0.25) is 0 Å². The molecular weight excluding hydrogens is 271 g/mol. The van der Waals surface area contributed by atoms with Crippen molar-refractivity contribution in [1.82, 2.24) is 10.2 Å². The number of morpholine rings is 1. The minimum absolute atomic E-state index is 0.0150. The van der Waals surface area contributed by atoms with Gasteiger partial charge in [-0.05, 0) is 18.2 Å². The fourth-order valence-electron chi connectivity index (χ4n) is 1.99. The molecule has 1 aliphatic heterocycles. The second kappa shape index (κ2) is 6.32. The van der Waals surface area contributed by atoms with Crippen LogP contribution in [0.2, 0.25) is 5.02 Å². The summed E-state index contributed by atoms with van der Waals surface area (Å²) in [4.78, 5) is 13.6. The molecule has 0 radical (unpaired) electrons. The molecule has 4 nitrogen and oxygen atoms in total. The highest BCUT2D eigenvalue weighted by atomic mass is 35.5.